The fraction of sp³-hybridized carbons (Fsp3) is 0.467. The Bertz CT molecular complexity index is 526. The maximum absolute atomic E-state index is 5.56. The van der Waals surface area contributed by atoms with Gasteiger partial charge < -0.3 is 5.73 Å². The number of hydrogen-bond donors (Lipinski definition) is 1. The second kappa shape index (κ2) is 5.97. The van der Waals surface area contributed by atoms with Crippen molar-refractivity contribution in [2.75, 3.05) is 6.54 Å². The fourth-order valence-electron chi connectivity index (χ4n) is 2.13. The van der Waals surface area contributed by atoms with Crippen LogP contribution in [-0.4, -0.2) is 21.3 Å². The third-order valence-corrected chi connectivity index (χ3v) is 3.04. The highest BCUT2D eigenvalue weighted by atomic mass is 15.3. The van der Waals surface area contributed by atoms with E-state index >= 15 is 0 Å². The molecule has 0 amide bonds. The molecule has 2 aromatic rings. The highest BCUT2D eigenvalue weighted by Crippen LogP contribution is 2.18. The molecule has 0 bridgehead atoms. The van der Waals surface area contributed by atoms with Crippen molar-refractivity contribution in [3.05, 3.63) is 35.7 Å². The van der Waals surface area contributed by atoms with Crippen molar-refractivity contribution in [2.24, 2.45) is 18.7 Å². The average molecular weight is 258 g/mol. The summed E-state index contributed by atoms with van der Waals surface area (Å²) in [5, 5.41) is 4.47. The highest BCUT2D eigenvalue weighted by molar-refractivity contribution is 5.55. The van der Waals surface area contributed by atoms with Crippen molar-refractivity contribution in [1.82, 2.24) is 14.8 Å². The first-order valence-corrected chi connectivity index (χ1v) is 6.79. The summed E-state index contributed by atoms with van der Waals surface area (Å²) in [6.07, 6.45) is 1.83. The van der Waals surface area contributed by atoms with E-state index in [0.717, 1.165) is 30.1 Å². The van der Waals surface area contributed by atoms with Crippen LogP contribution in [0.3, 0.4) is 0 Å². The maximum Gasteiger partial charge on any atom is 0.158 e. The molecule has 0 unspecified atom stereocenters. The van der Waals surface area contributed by atoms with Crippen LogP contribution < -0.4 is 5.73 Å². The first-order chi connectivity index (χ1) is 9.10. The molecule has 2 rings (SSSR count). The van der Waals surface area contributed by atoms with Crippen LogP contribution in [0.1, 0.15) is 25.2 Å². The summed E-state index contributed by atoms with van der Waals surface area (Å²) in [6.45, 7) is 5.04. The topological polar surface area (TPSA) is 56.7 Å². The number of rotatable bonds is 5. The van der Waals surface area contributed by atoms with Crippen molar-refractivity contribution in [3.63, 3.8) is 0 Å². The molecular weight excluding hydrogens is 236 g/mol. The van der Waals surface area contributed by atoms with Crippen LogP contribution in [0, 0.1) is 5.92 Å². The lowest BCUT2D eigenvalue weighted by Crippen LogP contribution is -2.02. The molecule has 0 aliphatic carbocycles. The fourth-order valence-corrected chi connectivity index (χ4v) is 2.13. The summed E-state index contributed by atoms with van der Waals surface area (Å²) in [5.74, 6) is 2.41. The Kier molecular flexibility index (Phi) is 4.32. The van der Waals surface area contributed by atoms with Crippen LogP contribution in [0.4, 0.5) is 0 Å². The quantitative estimate of drug-likeness (QED) is 0.894. The molecule has 0 saturated carbocycles. The smallest absolute Gasteiger partial charge is 0.158 e. The van der Waals surface area contributed by atoms with Gasteiger partial charge in [0.05, 0.1) is 0 Å². The Morgan fingerprint density at radius 2 is 1.89 bits per heavy atom. The van der Waals surface area contributed by atoms with Gasteiger partial charge in [0.25, 0.3) is 0 Å². The molecule has 2 N–H and O–H groups in total. The van der Waals surface area contributed by atoms with Crippen LogP contribution in [0.25, 0.3) is 11.4 Å². The highest BCUT2D eigenvalue weighted by Gasteiger charge is 2.10. The third-order valence-electron chi connectivity index (χ3n) is 3.04. The van der Waals surface area contributed by atoms with Gasteiger partial charge in [-0.15, -0.1) is 0 Å². The molecule has 0 fully saturated rings. The normalized spacial score (nSPS) is 11.2. The van der Waals surface area contributed by atoms with Crippen LogP contribution >= 0.6 is 0 Å². The molecule has 0 saturated heterocycles. The van der Waals surface area contributed by atoms with Gasteiger partial charge >= 0.3 is 0 Å². The van der Waals surface area contributed by atoms with Crippen molar-refractivity contribution >= 4 is 0 Å². The van der Waals surface area contributed by atoms with Gasteiger partial charge in [-0.3, -0.25) is 0 Å². The third kappa shape index (κ3) is 3.41. The Morgan fingerprint density at radius 1 is 1.21 bits per heavy atom. The van der Waals surface area contributed by atoms with E-state index in [-0.39, 0.29) is 0 Å². The van der Waals surface area contributed by atoms with Gasteiger partial charge in [-0.1, -0.05) is 38.1 Å². The Balaban J connectivity index is 2.23. The van der Waals surface area contributed by atoms with Gasteiger partial charge in [-0.2, -0.15) is 5.10 Å². The first kappa shape index (κ1) is 13.7. The molecule has 1 heterocycles. The summed E-state index contributed by atoms with van der Waals surface area (Å²) in [5.41, 5.74) is 7.92. The Labute approximate surface area is 114 Å². The van der Waals surface area contributed by atoms with Crippen LogP contribution in [-0.2, 0) is 19.9 Å². The minimum atomic E-state index is 0.571. The summed E-state index contributed by atoms with van der Waals surface area (Å²) in [4.78, 5) is 4.62. The zero-order valence-corrected chi connectivity index (χ0v) is 11.9. The first-order valence-electron chi connectivity index (χ1n) is 6.79. The molecule has 0 radical (unpaired) electrons. The number of nitrogens with zero attached hydrogens (tertiary/aromatic N) is 3. The van der Waals surface area contributed by atoms with E-state index in [9.17, 15) is 0 Å². The lowest BCUT2D eigenvalue weighted by atomic mass is 10.1. The van der Waals surface area contributed by atoms with Gasteiger partial charge in [0.2, 0.25) is 0 Å². The van der Waals surface area contributed by atoms with E-state index in [2.05, 4.69) is 48.2 Å². The van der Waals surface area contributed by atoms with Crippen molar-refractivity contribution < 1.29 is 0 Å². The number of hydrogen-bond acceptors (Lipinski definition) is 3. The Morgan fingerprint density at radius 3 is 2.47 bits per heavy atom. The van der Waals surface area contributed by atoms with Crippen molar-refractivity contribution in [3.8, 4) is 11.4 Å². The largest absolute Gasteiger partial charge is 0.330 e. The summed E-state index contributed by atoms with van der Waals surface area (Å²) in [7, 11) is 1.94. The minimum absolute atomic E-state index is 0.571. The minimum Gasteiger partial charge on any atom is -0.330 e. The summed E-state index contributed by atoms with van der Waals surface area (Å²) in [6, 6.07) is 8.40. The standard InChI is InChI=1S/C15H22N4/c1-11(2)10-14-17-15(19(3)18-14)13-6-4-12(5-7-13)8-9-16/h4-7,11H,8-10,16H2,1-3H3. The van der Waals surface area contributed by atoms with E-state index < -0.39 is 0 Å². The molecule has 1 aromatic heterocycles. The maximum atomic E-state index is 5.56. The average Bonchev–Trinajstić information content (AvgIpc) is 2.71. The number of benzene rings is 1. The van der Waals surface area contributed by atoms with Gasteiger partial charge in [-0.25, -0.2) is 9.67 Å². The predicted octanol–water partition coefficient (Wildman–Crippen LogP) is 2.18. The lowest BCUT2D eigenvalue weighted by Gasteiger charge is -2.02. The zero-order valence-electron chi connectivity index (χ0n) is 11.9. The molecule has 0 aliphatic heterocycles. The second-order valence-corrected chi connectivity index (χ2v) is 5.31. The molecule has 0 atom stereocenters. The molecule has 19 heavy (non-hydrogen) atoms. The number of nitrogens with two attached hydrogens (primary N) is 1. The number of aryl methyl sites for hydroxylation is 1. The summed E-state index contributed by atoms with van der Waals surface area (Å²) < 4.78 is 1.86. The van der Waals surface area contributed by atoms with Crippen molar-refractivity contribution in [1.29, 1.82) is 0 Å². The molecule has 102 valence electrons. The van der Waals surface area contributed by atoms with Gasteiger partial charge in [0, 0.05) is 19.0 Å². The lowest BCUT2D eigenvalue weighted by molar-refractivity contribution is 0.613. The zero-order chi connectivity index (χ0) is 13.8. The molecule has 1 aromatic carbocycles. The van der Waals surface area contributed by atoms with E-state index in [1.54, 1.807) is 0 Å². The van der Waals surface area contributed by atoms with E-state index in [4.69, 9.17) is 5.73 Å². The SMILES string of the molecule is CC(C)Cc1nc(-c2ccc(CCN)cc2)n(C)n1. The van der Waals surface area contributed by atoms with E-state index in [1.165, 1.54) is 5.56 Å². The summed E-state index contributed by atoms with van der Waals surface area (Å²) >= 11 is 0. The molecule has 4 heteroatoms. The second-order valence-electron chi connectivity index (χ2n) is 5.31. The van der Waals surface area contributed by atoms with Crippen LogP contribution in [0.15, 0.2) is 24.3 Å². The molecule has 0 spiro atoms. The molecule has 0 aliphatic rings. The van der Waals surface area contributed by atoms with Gasteiger partial charge in [0.15, 0.2) is 11.6 Å². The molecule has 4 nitrogen and oxygen atoms in total. The number of aromatic nitrogens is 3. The van der Waals surface area contributed by atoms with E-state index in [1.807, 2.05) is 11.7 Å². The van der Waals surface area contributed by atoms with E-state index in [0.29, 0.717) is 12.5 Å². The van der Waals surface area contributed by atoms with Gasteiger partial charge in [-0.05, 0) is 24.4 Å². The monoisotopic (exact) mass is 258 g/mol. The molecular formula is C15H22N4. The predicted molar refractivity (Wildman–Crippen MR) is 77.7 cm³/mol. The van der Waals surface area contributed by atoms with Crippen molar-refractivity contribution in [2.45, 2.75) is 26.7 Å². The van der Waals surface area contributed by atoms with Crippen LogP contribution in [0.2, 0.25) is 0 Å². The van der Waals surface area contributed by atoms with Crippen LogP contribution in [0.5, 0.6) is 0 Å². The Hall–Kier alpha value is -1.68. The van der Waals surface area contributed by atoms with Gasteiger partial charge in [0.1, 0.15) is 0 Å².